The van der Waals surface area contributed by atoms with Crippen molar-refractivity contribution in [2.45, 2.75) is 51.6 Å². The molecule has 0 radical (unpaired) electrons. The molecular weight excluding hydrogens is 298 g/mol. The summed E-state index contributed by atoms with van der Waals surface area (Å²) in [5.41, 5.74) is 2.25. The maximum absolute atomic E-state index is 12.6. The average Bonchev–Trinajstić information content (AvgIpc) is 3.05. The molecule has 1 aromatic rings. The number of rotatable bonds is 7. The molecule has 1 amide bonds. The van der Waals surface area contributed by atoms with Crippen LogP contribution in [0.4, 0.5) is 5.69 Å². The molecule has 0 aliphatic carbocycles. The summed E-state index contributed by atoms with van der Waals surface area (Å²) in [5.74, 6) is 0.226. The van der Waals surface area contributed by atoms with Gasteiger partial charge in [-0.05, 0) is 37.0 Å². The van der Waals surface area contributed by atoms with Crippen LogP contribution in [0.25, 0.3) is 0 Å². The van der Waals surface area contributed by atoms with Crippen LogP contribution in [-0.2, 0) is 11.2 Å². The van der Waals surface area contributed by atoms with Crippen LogP contribution in [0.3, 0.4) is 0 Å². The van der Waals surface area contributed by atoms with E-state index in [0.717, 1.165) is 30.8 Å². The molecule has 1 atom stereocenters. The van der Waals surface area contributed by atoms with Crippen molar-refractivity contribution in [1.29, 1.82) is 0 Å². The Morgan fingerprint density at radius 3 is 2.33 bits per heavy atom. The van der Waals surface area contributed by atoms with Crippen LogP contribution >= 0.6 is 0 Å². The number of amides is 1. The zero-order chi connectivity index (χ0) is 17.7. The monoisotopic (exact) mass is 331 g/mol. The first-order valence-corrected chi connectivity index (χ1v) is 9.22. The van der Waals surface area contributed by atoms with Crippen LogP contribution in [0.5, 0.6) is 0 Å². The standard InChI is InChI=1S/C20H33N3O/c1-6-17(7-2)23-13-12-19(15-23)22(5)20(24)14-16-8-10-18(11-9-16)21(3)4/h8-11,17,19H,6-7,12-15H2,1-5H3. The van der Waals surface area contributed by atoms with Crippen molar-refractivity contribution in [3.8, 4) is 0 Å². The molecule has 0 saturated carbocycles. The van der Waals surface area contributed by atoms with Gasteiger partial charge in [-0.25, -0.2) is 0 Å². The minimum absolute atomic E-state index is 0.226. The van der Waals surface area contributed by atoms with Gasteiger partial charge in [-0.2, -0.15) is 0 Å². The smallest absolute Gasteiger partial charge is 0.227 e. The van der Waals surface area contributed by atoms with Crippen molar-refractivity contribution in [1.82, 2.24) is 9.80 Å². The number of carbonyl (C=O) groups is 1. The summed E-state index contributed by atoms with van der Waals surface area (Å²) in [4.78, 5) is 19.2. The van der Waals surface area contributed by atoms with Crippen LogP contribution in [0.2, 0.25) is 0 Å². The second-order valence-electron chi connectivity index (χ2n) is 7.15. The fraction of sp³-hybridized carbons (Fsp3) is 0.650. The fourth-order valence-corrected chi connectivity index (χ4v) is 3.64. The van der Waals surface area contributed by atoms with E-state index >= 15 is 0 Å². The molecule has 1 saturated heterocycles. The van der Waals surface area contributed by atoms with Gasteiger partial charge in [0.25, 0.3) is 0 Å². The number of hydrogen-bond acceptors (Lipinski definition) is 3. The van der Waals surface area contributed by atoms with Gasteiger partial charge in [0, 0.05) is 52.0 Å². The van der Waals surface area contributed by atoms with Gasteiger partial charge in [0.1, 0.15) is 0 Å². The largest absolute Gasteiger partial charge is 0.378 e. The Balaban J connectivity index is 1.90. The van der Waals surface area contributed by atoms with Gasteiger partial charge in [0.2, 0.25) is 5.91 Å². The van der Waals surface area contributed by atoms with E-state index in [1.807, 2.05) is 26.0 Å². The molecule has 1 aliphatic heterocycles. The number of carbonyl (C=O) groups excluding carboxylic acids is 1. The Morgan fingerprint density at radius 1 is 1.17 bits per heavy atom. The predicted octanol–water partition coefficient (Wildman–Crippen LogP) is 3.02. The van der Waals surface area contributed by atoms with E-state index in [4.69, 9.17) is 0 Å². The highest BCUT2D eigenvalue weighted by Gasteiger charge is 2.30. The summed E-state index contributed by atoms with van der Waals surface area (Å²) < 4.78 is 0. The second-order valence-corrected chi connectivity index (χ2v) is 7.15. The minimum atomic E-state index is 0.226. The third-order valence-corrected chi connectivity index (χ3v) is 5.40. The van der Waals surface area contributed by atoms with Gasteiger partial charge in [-0.3, -0.25) is 9.69 Å². The fourth-order valence-electron chi connectivity index (χ4n) is 3.64. The van der Waals surface area contributed by atoms with Crippen LogP contribution in [0, 0.1) is 0 Å². The Kier molecular flexibility index (Phi) is 6.67. The highest BCUT2D eigenvalue weighted by molar-refractivity contribution is 5.79. The zero-order valence-electron chi connectivity index (χ0n) is 16.0. The molecule has 4 heteroatoms. The molecule has 1 heterocycles. The van der Waals surface area contributed by atoms with Crippen molar-refractivity contribution < 1.29 is 4.79 Å². The normalized spacial score (nSPS) is 18.2. The molecule has 0 bridgehead atoms. The van der Waals surface area contributed by atoms with Gasteiger partial charge >= 0.3 is 0 Å². The summed E-state index contributed by atoms with van der Waals surface area (Å²) in [6, 6.07) is 9.30. The van der Waals surface area contributed by atoms with Crippen LogP contribution in [0.1, 0.15) is 38.7 Å². The highest BCUT2D eigenvalue weighted by atomic mass is 16.2. The highest BCUT2D eigenvalue weighted by Crippen LogP contribution is 2.21. The van der Waals surface area contributed by atoms with Crippen molar-refractivity contribution >= 4 is 11.6 Å². The van der Waals surface area contributed by atoms with Gasteiger partial charge in [0.05, 0.1) is 6.42 Å². The van der Waals surface area contributed by atoms with E-state index in [2.05, 4.69) is 47.9 Å². The molecule has 2 rings (SSSR count). The van der Waals surface area contributed by atoms with Crippen LogP contribution in [-0.4, -0.2) is 62.0 Å². The molecule has 1 fully saturated rings. The maximum Gasteiger partial charge on any atom is 0.227 e. The summed E-state index contributed by atoms with van der Waals surface area (Å²) in [6.07, 6.45) is 3.97. The summed E-state index contributed by atoms with van der Waals surface area (Å²) in [7, 11) is 6.02. The van der Waals surface area contributed by atoms with Crippen molar-refractivity contribution in [2.75, 3.05) is 39.1 Å². The van der Waals surface area contributed by atoms with E-state index in [9.17, 15) is 4.79 Å². The van der Waals surface area contributed by atoms with Crippen molar-refractivity contribution in [2.24, 2.45) is 0 Å². The molecule has 0 spiro atoms. The average molecular weight is 332 g/mol. The Labute approximate surface area is 147 Å². The molecule has 1 unspecified atom stereocenters. The predicted molar refractivity (Wildman–Crippen MR) is 102 cm³/mol. The van der Waals surface area contributed by atoms with Crippen molar-refractivity contribution in [3.63, 3.8) is 0 Å². The Morgan fingerprint density at radius 2 is 1.79 bits per heavy atom. The topological polar surface area (TPSA) is 26.8 Å². The molecule has 0 aromatic heterocycles. The van der Waals surface area contributed by atoms with Gasteiger partial charge in [-0.15, -0.1) is 0 Å². The molecular formula is C20H33N3O. The lowest BCUT2D eigenvalue weighted by atomic mass is 10.1. The molecule has 24 heavy (non-hydrogen) atoms. The lowest BCUT2D eigenvalue weighted by Gasteiger charge is -2.28. The third kappa shape index (κ3) is 4.50. The van der Waals surface area contributed by atoms with E-state index < -0.39 is 0 Å². The third-order valence-electron chi connectivity index (χ3n) is 5.40. The first-order valence-electron chi connectivity index (χ1n) is 9.22. The number of likely N-dealkylation sites (tertiary alicyclic amines) is 1. The molecule has 1 aliphatic rings. The number of anilines is 1. The summed E-state index contributed by atoms with van der Waals surface area (Å²) in [5, 5.41) is 0. The number of benzene rings is 1. The van der Waals surface area contributed by atoms with Gasteiger partial charge in [-0.1, -0.05) is 26.0 Å². The van der Waals surface area contributed by atoms with E-state index in [0.29, 0.717) is 18.5 Å². The van der Waals surface area contributed by atoms with Gasteiger partial charge < -0.3 is 9.80 Å². The molecule has 4 nitrogen and oxygen atoms in total. The number of nitrogens with zero attached hydrogens (tertiary/aromatic N) is 3. The number of hydrogen-bond donors (Lipinski definition) is 0. The Bertz CT molecular complexity index is 522. The van der Waals surface area contributed by atoms with E-state index in [1.165, 1.54) is 12.8 Å². The first kappa shape index (κ1) is 18.8. The Hall–Kier alpha value is -1.55. The molecule has 134 valence electrons. The quantitative estimate of drug-likeness (QED) is 0.768. The van der Waals surface area contributed by atoms with E-state index in [1.54, 1.807) is 0 Å². The SMILES string of the molecule is CCC(CC)N1CCC(N(C)C(=O)Cc2ccc(N(C)C)cc2)C1. The van der Waals surface area contributed by atoms with Crippen LogP contribution in [0.15, 0.2) is 24.3 Å². The summed E-state index contributed by atoms with van der Waals surface area (Å²) in [6.45, 7) is 6.65. The summed E-state index contributed by atoms with van der Waals surface area (Å²) >= 11 is 0. The van der Waals surface area contributed by atoms with Crippen molar-refractivity contribution in [3.05, 3.63) is 29.8 Å². The lowest BCUT2D eigenvalue weighted by molar-refractivity contribution is -0.131. The lowest BCUT2D eigenvalue weighted by Crippen LogP contribution is -2.41. The van der Waals surface area contributed by atoms with E-state index in [-0.39, 0.29) is 5.91 Å². The number of likely N-dealkylation sites (N-methyl/N-ethyl adjacent to an activating group) is 1. The second kappa shape index (κ2) is 8.52. The van der Waals surface area contributed by atoms with Gasteiger partial charge in [0.15, 0.2) is 0 Å². The first-order chi connectivity index (χ1) is 11.5. The molecule has 0 N–H and O–H groups in total. The van der Waals surface area contributed by atoms with Crippen LogP contribution < -0.4 is 4.90 Å². The zero-order valence-corrected chi connectivity index (χ0v) is 16.0. The minimum Gasteiger partial charge on any atom is -0.378 e. The molecule has 1 aromatic carbocycles. The maximum atomic E-state index is 12.6.